The minimum absolute atomic E-state index is 0.0311. The molecule has 0 aromatic heterocycles. The lowest BCUT2D eigenvalue weighted by atomic mass is 10.1. The van der Waals surface area contributed by atoms with Gasteiger partial charge in [0.2, 0.25) is 0 Å². The van der Waals surface area contributed by atoms with E-state index in [-0.39, 0.29) is 12.4 Å². The summed E-state index contributed by atoms with van der Waals surface area (Å²) in [7, 11) is -1.65. The summed E-state index contributed by atoms with van der Waals surface area (Å²) < 4.78 is 34.3. The molecular weight excluding hydrogens is 290 g/mol. The van der Waals surface area contributed by atoms with Crippen molar-refractivity contribution in [3.63, 3.8) is 0 Å². The molecule has 0 atom stereocenters. The summed E-state index contributed by atoms with van der Waals surface area (Å²) in [4.78, 5) is 0. The van der Waals surface area contributed by atoms with Crippen molar-refractivity contribution in [1.82, 2.24) is 0 Å². The molecule has 5 nitrogen and oxygen atoms in total. The summed E-state index contributed by atoms with van der Waals surface area (Å²) in [6.45, 7) is 5.64. The third-order valence-corrected chi connectivity index (χ3v) is 5.80. The molecule has 0 spiro atoms. The van der Waals surface area contributed by atoms with Gasteiger partial charge in [0.1, 0.15) is 6.61 Å². The number of sulfone groups is 1. The molecule has 0 aliphatic rings. The standard InChI is InChI=1S/C15H25NO4S/c1-15(2,3)21(17,18)11-10-20-14-12(8-9-16)6-5-7-13(14)19-4/h5-7H,8-11,16H2,1-4H3. The molecule has 6 heteroatoms. The van der Waals surface area contributed by atoms with Gasteiger partial charge in [-0.15, -0.1) is 0 Å². The average Bonchev–Trinajstić information content (AvgIpc) is 2.39. The quantitative estimate of drug-likeness (QED) is 0.830. The van der Waals surface area contributed by atoms with E-state index in [2.05, 4.69) is 0 Å². The molecule has 120 valence electrons. The Kier molecular flexibility index (Phi) is 6.04. The molecule has 0 saturated heterocycles. The topological polar surface area (TPSA) is 78.6 Å². The van der Waals surface area contributed by atoms with Crippen molar-refractivity contribution >= 4 is 9.84 Å². The number of nitrogens with two attached hydrogens (primary N) is 1. The van der Waals surface area contributed by atoms with Gasteiger partial charge in [0.05, 0.1) is 17.6 Å². The zero-order valence-corrected chi connectivity index (χ0v) is 14.0. The van der Waals surface area contributed by atoms with Crippen molar-refractivity contribution < 1.29 is 17.9 Å². The third-order valence-electron chi connectivity index (χ3n) is 3.23. The summed E-state index contributed by atoms with van der Waals surface area (Å²) in [6.07, 6.45) is 0.651. The second-order valence-corrected chi connectivity index (χ2v) is 8.63. The maximum absolute atomic E-state index is 12.1. The lowest BCUT2D eigenvalue weighted by Crippen LogP contribution is -2.32. The Morgan fingerprint density at radius 3 is 2.43 bits per heavy atom. The van der Waals surface area contributed by atoms with Crippen LogP contribution in [0.25, 0.3) is 0 Å². The molecule has 0 amide bonds. The highest BCUT2D eigenvalue weighted by Gasteiger charge is 2.28. The Morgan fingerprint density at radius 2 is 1.90 bits per heavy atom. The van der Waals surface area contributed by atoms with Crippen molar-refractivity contribution in [1.29, 1.82) is 0 Å². The van der Waals surface area contributed by atoms with Crippen LogP contribution in [0.5, 0.6) is 11.5 Å². The van der Waals surface area contributed by atoms with Crippen LogP contribution in [-0.4, -0.2) is 39.2 Å². The molecule has 0 aliphatic carbocycles. The minimum Gasteiger partial charge on any atom is -0.493 e. The normalized spacial score (nSPS) is 12.2. The van der Waals surface area contributed by atoms with Gasteiger partial charge in [0.15, 0.2) is 21.3 Å². The van der Waals surface area contributed by atoms with Gasteiger partial charge in [-0.25, -0.2) is 8.42 Å². The zero-order chi connectivity index (χ0) is 16.1. The maximum Gasteiger partial charge on any atom is 0.164 e. The van der Waals surface area contributed by atoms with Gasteiger partial charge in [0, 0.05) is 0 Å². The first-order valence-corrected chi connectivity index (χ1v) is 8.59. The van der Waals surface area contributed by atoms with Crippen LogP contribution in [0.15, 0.2) is 18.2 Å². The fraction of sp³-hybridized carbons (Fsp3) is 0.600. The van der Waals surface area contributed by atoms with Gasteiger partial charge in [-0.1, -0.05) is 12.1 Å². The lowest BCUT2D eigenvalue weighted by molar-refractivity contribution is 0.307. The molecule has 0 radical (unpaired) electrons. The van der Waals surface area contributed by atoms with Crippen LogP contribution in [0.2, 0.25) is 0 Å². The van der Waals surface area contributed by atoms with Gasteiger partial charge in [-0.2, -0.15) is 0 Å². The van der Waals surface area contributed by atoms with Crippen LogP contribution in [0.3, 0.4) is 0 Å². The van der Waals surface area contributed by atoms with E-state index in [1.807, 2.05) is 12.1 Å². The first-order valence-electron chi connectivity index (χ1n) is 6.94. The Morgan fingerprint density at radius 1 is 1.24 bits per heavy atom. The van der Waals surface area contributed by atoms with E-state index in [0.29, 0.717) is 24.5 Å². The van der Waals surface area contributed by atoms with Crippen molar-refractivity contribution in [2.75, 3.05) is 26.0 Å². The summed E-state index contributed by atoms with van der Waals surface area (Å²) in [5.74, 6) is 1.14. The average molecular weight is 315 g/mol. The number of hydrogen-bond donors (Lipinski definition) is 1. The van der Waals surface area contributed by atoms with E-state index in [9.17, 15) is 8.42 Å². The monoisotopic (exact) mass is 315 g/mol. The van der Waals surface area contributed by atoms with Crippen molar-refractivity contribution in [2.45, 2.75) is 31.9 Å². The lowest BCUT2D eigenvalue weighted by Gasteiger charge is -2.20. The molecule has 0 saturated carbocycles. The molecular formula is C15H25NO4S. The fourth-order valence-electron chi connectivity index (χ4n) is 1.80. The number of ether oxygens (including phenoxy) is 2. The molecule has 0 unspecified atom stereocenters. The van der Waals surface area contributed by atoms with E-state index >= 15 is 0 Å². The van der Waals surface area contributed by atoms with E-state index in [4.69, 9.17) is 15.2 Å². The smallest absolute Gasteiger partial charge is 0.164 e. The largest absolute Gasteiger partial charge is 0.493 e. The highest BCUT2D eigenvalue weighted by molar-refractivity contribution is 7.92. The summed E-state index contributed by atoms with van der Waals surface area (Å²) in [6, 6.07) is 5.55. The van der Waals surface area contributed by atoms with Crippen LogP contribution in [-0.2, 0) is 16.3 Å². The number of hydrogen-bond acceptors (Lipinski definition) is 5. The number of benzene rings is 1. The van der Waals surface area contributed by atoms with Gasteiger partial charge >= 0.3 is 0 Å². The summed E-state index contributed by atoms with van der Waals surface area (Å²) in [5.41, 5.74) is 6.51. The Labute approximate surface area is 127 Å². The zero-order valence-electron chi connectivity index (χ0n) is 13.2. The van der Waals surface area contributed by atoms with E-state index in [1.54, 1.807) is 33.9 Å². The molecule has 1 aromatic rings. The molecule has 0 heterocycles. The summed E-state index contributed by atoms with van der Waals surface area (Å²) >= 11 is 0. The van der Waals surface area contributed by atoms with E-state index in [0.717, 1.165) is 5.56 Å². The molecule has 1 aromatic carbocycles. The summed E-state index contributed by atoms with van der Waals surface area (Å²) in [5, 5.41) is 0. The van der Waals surface area contributed by atoms with E-state index < -0.39 is 14.6 Å². The van der Waals surface area contributed by atoms with Crippen LogP contribution in [0, 0.1) is 0 Å². The van der Waals surface area contributed by atoms with Crippen LogP contribution >= 0.6 is 0 Å². The highest BCUT2D eigenvalue weighted by atomic mass is 32.2. The second-order valence-electron chi connectivity index (χ2n) is 5.77. The fourth-order valence-corrected chi connectivity index (χ4v) is 2.71. The number of methoxy groups -OCH3 is 1. The minimum atomic E-state index is -3.20. The van der Waals surface area contributed by atoms with Crippen molar-refractivity contribution in [3.05, 3.63) is 23.8 Å². The van der Waals surface area contributed by atoms with Crippen LogP contribution < -0.4 is 15.2 Å². The molecule has 0 bridgehead atoms. The van der Waals surface area contributed by atoms with Gasteiger partial charge in [-0.05, 0) is 45.4 Å². The molecule has 2 N–H and O–H groups in total. The Hall–Kier alpha value is -1.27. The van der Waals surface area contributed by atoms with Gasteiger partial charge in [0.25, 0.3) is 0 Å². The highest BCUT2D eigenvalue weighted by Crippen LogP contribution is 2.31. The van der Waals surface area contributed by atoms with Gasteiger partial charge < -0.3 is 15.2 Å². The predicted molar refractivity (Wildman–Crippen MR) is 84.8 cm³/mol. The molecule has 21 heavy (non-hydrogen) atoms. The molecule has 0 fully saturated rings. The van der Waals surface area contributed by atoms with Crippen LogP contribution in [0.4, 0.5) is 0 Å². The maximum atomic E-state index is 12.1. The molecule has 1 rings (SSSR count). The molecule has 0 aliphatic heterocycles. The van der Waals surface area contributed by atoms with E-state index in [1.165, 1.54) is 0 Å². The number of rotatable bonds is 7. The number of para-hydroxylation sites is 1. The third kappa shape index (κ3) is 4.61. The SMILES string of the molecule is COc1cccc(CCN)c1OCCS(=O)(=O)C(C)(C)C. The van der Waals surface area contributed by atoms with Gasteiger partial charge in [-0.3, -0.25) is 0 Å². The first-order chi connectivity index (χ1) is 9.73. The Balaban J connectivity index is 2.84. The van der Waals surface area contributed by atoms with Crippen molar-refractivity contribution in [2.24, 2.45) is 5.73 Å². The predicted octanol–water partition coefficient (Wildman–Crippen LogP) is 1.79. The van der Waals surface area contributed by atoms with Crippen LogP contribution in [0.1, 0.15) is 26.3 Å². The Bertz CT molecular complexity index is 562. The second kappa shape index (κ2) is 7.13. The van der Waals surface area contributed by atoms with Crippen molar-refractivity contribution in [3.8, 4) is 11.5 Å². The first kappa shape index (κ1) is 17.8.